The van der Waals surface area contributed by atoms with Crippen LogP contribution in [-0.2, 0) is 4.79 Å². The van der Waals surface area contributed by atoms with Crippen LogP contribution in [0.5, 0.6) is 5.75 Å². The number of hydrogen-bond donors (Lipinski definition) is 2. The number of carbonyl (C=O) groups is 1. The fourth-order valence-corrected chi connectivity index (χ4v) is 7.11. The summed E-state index contributed by atoms with van der Waals surface area (Å²) in [5.41, 5.74) is 8.67. The van der Waals surface area contributed by atoms with Gasteiger partial charge in [-0.25, -0.2) is 0 Å². The Bertz CT molecular complexity index is 950. The Kier molecular flexibility index (Phi) is 9.09. The second kappa shape index (κ2) is 12.2. The van der Waals surface area contributed by atoms with E-state index in [1.165, 1.54) is 31.4 Å². The van der Waals surface area contributed by atoms with E-state index in [0.29, 0.717) is 5.92 Å². The van der Waals surface area contributed by atoms with Crippen molar-refractivity contribution in [3.8, 4) is 5.75 Å². The number of carboxylic acids is 1. The van der Waals surface area contributed by atoms with Crippen molar-refractivity contribution in [2.75, 3.05) is 32.5 Å². The van der Waals surface area contributed by atoms with Crippen LogP contribution in [0.2, 0.25) is 0 Å². The molecule has 1 aromatic heterocycles. The molecule has 2 heterocycles. The highest BCUT2D eigenvalue weighted by molar-refractivity contribution is 7.99. The second-order valence-corrected chi connectivity index (χ2v) is 11.4. The maximum absolute atomic E-state index is 11.6. The molecular weight excluding hydrogens is 446 g/mol. The fourth-order valence-electron chi connectivity index (χ4n) is 5.74. The number of hydrogen-bond acceptors (Lipinski definition) is 6. The van der Waals surface area contributed by atoms with Crippen molar-refractivity contribution in [3.05, 3.63) is 36.0 Å². The van der Waals surface area contributed by atoms with Crippen LogP contribution in [0.25, 0.3) is 10.9 Å². The van der Waals surface area contributed by atoms with Gasteiger partial charge in [-0.1, -0.05) is 12.8 Å². The Morgan fingerprint density at radius 2 is 2.09 bits per heavy atom. The SMILES string of the molecule is COc1ccc2nccc([C@H](N)CC[C@@H]3CCN(CCSC4CCCC4)C[C@@H]3CC(=O)O)c2c1. The van der Waals surface area contributed by atoms with Crippen LogP contribution < -0.4 is 10.5 Å². The average molecular weight is 486 g/mol. The van der Waals surface area contributed by atoms with E-state index in [2.05, 4.69) is 21.6 Å². The number of thioether (sulfide) groups is 1. The van der Waals surface area contributed by atoms with Gasteiger partial charge >= 0.3 is 5.97 Å². The average Bonchev–Trinajstić information content (AvgIpc) is 3.36. The zero-order chi connectivity index (χ0) is 23.9. The number of benzene rings is 1. The molecule has 4 rings (SSSR count). The zero-order valence-corrected chi connectivity index (χ0v) is 21.1. The largest absolute Gasteiger partial charge is 0.497 e. The van der Waals surface area contributed by atoms with Gasteiger partial charge in [-0.3, -0.25) is 9.78 Å². The van der Waals surface area contributed by atoms with Crippen LogP contribution >= 0.6 is 11.8 Å². The Balaban J connectivity index is 1.34. The predicted octanol–water partition coefficient (Wildman–Crippen LogP) is 5.11. The van der Waals surface area contributed by atoms with Crippen molar-refractivity contribution < 1.29 is 14.6 Å². The monoisotopic (exact) mass is 485 g/mol. The van der Waals surface area contributed by atoms with Crippen molar-refractivity contribution >= 4 is 28.6 Å². The molecule has 34 heavy (non-hydrogen) atoms. The number of fused-ring (bicyclic) bond motifs is 1. The maximum Gasteiger partial charge on any atom is 0.303 e. The lowest BCUT2D eigenvalue weighted by molar-refractivity contribution is -0.139. The molecular formula is C27H39N3O3S. The smallest absolute Gasteiger partial charge is 0.303 e. The number of likely N-dealkylation sites (tertiary alicyclic amines) is 1. The first-order valence-electron chi connectivity index (χ1n) is 12.8. The number of methoxy groups -OCH3 is 1. The van der Waals surface area contributed by atoms with E-state index in [4.69, 9.17) is 10.5 Å². The molecule has 0 unspecified atom stereocenters. The van der Waals surface area contributed by atoms with Crippen LogP contribution in [-0.4, -0.2) is 58.7 Å². The summed E-state index contributed by atoms with van der Waals surface area (Å²) in [5, 5.41) is 11.4. The van der Waals surface area contributed by atoms with Crippen LogP contribution in [0.4, 0.5) is 0 Å². The van der Waals surface area contributed by atoms with E-state index in [1.807, 2.05) is 30.5 Å². The highest BCUT2D eigenvalue weighted by Gasteiger charge is 2.31. The molecule has 6 nitrogen and oxygen atoms in total. The predicted molar refractivity (Wildman–Crippen MR) is 139 cm³/mol. The van der Waals surface area contributed by atoms with E-state index in [-0.39, 0.29) is 18.4 Å². The molecule has 1 aliphatic heterocycles. The number of carboxylic acid groups (broad SMARTS) is 1. The van der Waals surface area contributed by atoms with E-state index in [9.17, 15) is 9.90 Å². The number of aromatic nitrogens is 1. The molecule has 1 aromatic carbocycles. The number of ether oxygens (including phenoxy) is 1. The summed E-state index contributed by atoms with van der Waals surface area (Å²) < 4.78 is 5.40. The molecule has 0 spiro atoms. The van der Waals surface area contributed by atoms with Gasteiger partial charge in [0.05, 0.1) is 12.6 Å². The van der Waals surface area contributed by atoms with Gasteiger partial charge in [0.25, 0.3) is 0 Å². The third kappa shape index (κ3) is 6.64. The van der Waals surface area contributed by atoms with Crippen LogP contribution in [0, 0.1) is 11.8 Å². The molecule has 0 amide bonds. The molecule has 7 heteroatoms. The quantitative estimate of drug-likeness (QED) is 0.457. The van der Waals surface area contributed by atoms with Gasteiger partial charge in [0.1, 0.15) is 5.75 Å². The highest BCUT2D eigenvalue weighted by Crippen LogP contribution is 2.35. The van der Waals surface area contributed by atoms with Crippen molar-refractivity contribution in [3.63, 3.8) is 0 Å². The first kappa shape index (κ1) is 25.3. The normalized spacial score (nSPS) is 22.8. The number of piperidine rings is 1. The van der Waals surface area contributed by atoms with Gasteiger partial charge in [0.15, 0.2) is 0 Å². The maximum atomic E-state index is 11.6. The van der Waals surface area contributed by atoms with Crippen LogP contribution in [0.1, 0.15) is 63.0 Å². The molecule has 3 N–H and O–H groups in total. The van der Waals surface area contributed by atoms with Crippen molar-refractivity contribution in [1.29, 1.82) is 0 Å². The number of aliphatic carboxylic acids is 1. The third-order valence-electron chi connectivity index (χ3n) is 7.71. The third-order valence-corrected chi connectivity index (χ3v) is 9.07. The van der Waals surface area contributed by atoms with Crippen LogP contribution in [0.3, 0.4) is 0 Å². The second-order valence-electron chi connectivity index (χ2n) is 9.95. The van der Waals surface area contributed by atoms with Crippen LogP contribution in [0.15, 0.2) is 30.5 Å². The molecule has 2 fully saturated rings. The van der Waals surface area contributed by atoms with Gasteiger partial charge < -0.3 is 20.5 Å². The summed E-state index contributed by atoms with van der Waals surface area (Å²) in [6.07, 6.45) is 10.4. The van der Waals surface area contributed by atoms with Gasteiger partial charge in [0.2, 0.25) is 0 Å². The van der Waals surface area contributed by atoms with Crippen molar-refractivity contribution in [2.45, 2.75) is 62.7 Å². The number of pyridine rings is 1. The minimum absolute atomic E-state index is 0.107. The van der Waals surface area contributed by atoms with Crippen molar-refractivity contribution in [1.82, 2.24) is 9.88 Å². The Morgan fingerprint density at radius 1 is 1.26 bits per heavy atom. The molecule has 2 aliphatic rings. The lowest BCUT2D eigenvalue weighted by Gasteiger charge is -2.38. The fraction of sp³-hybridized carbons (Fsp3) is 0.630. The zero-order valence-electron chi connectivity index (χ0n) is 20.3. The minimum atomic E-state index is -0.686. The minimum Gasteiger partial charge on any atom is -0.497 e. The molecule has 1 saturated carbocycles. The molecule has 0 radical (unpaired) electrons. The van der Waals surface area contributed by atoms with E-state index < -0.39 is 5.97 Å². The molecule has 1 saturated heterocycles. The summed E-state index contributed by atoms with van der Waals surface area (Å²) in [5.74, 6) is 1.88. The number of rotatable bonds is 11. The van der Waals surface area contributed by atoms with Gasteiger partial charge in [-0.05, 0) is 80.3 Å². The summed E-state index contributed by atoms with van der Waals surface area (Å²) in [4.78, 5) is 18.6. The topological polar surface area (TPSA) is 88.7 Å². The number of nitrogens with zero attached hydrogens (tertiary/aromatic N) is 2. The van der Waals surface area contributed by atoms with Gasteiger partial charge in [-0.15, -0.1) is 0 Å². The summed E-state index contributed by atoms with van der Waals surface area (Å²) in [6.45, 7) is 3.04. The first-order valence-corrected chi connectivity index (χ1v) is 13.8. The van der Waals surface area contributed by atoms with E-state index in [0.717, 1.165) is 66.4 Å². The molecule has 1 aliphatic carbocycles. The molecule has 186 valence electrons. The number of nitrogens with two attached hydrogens (primary N) is 1. The summed E-state index contributed by atoms with van der Waals surface area (Å²) >= 11 is 2.12. The van der Waals surface area contributed by atoms with E-state index in [1.54, 1.807) is 7.11 Å². The molecule has 0 bridgehead atoms. The summed E-state index contributed by atoms with van der Waals surface area (Å²) in [6, 6.07) is 7.79. The standard InChI is InChI=1S/C27H39N3O3S/c1-33-21-7-9-26-24(17-21)23(10-12-29-26)25(28)8-6-19-11-13-30(18-20(19)16-27(31)32)14-15-34-22-4-2-3-5-22/h7,9-10,12,17,19-20,22,25H,2-6,8,11,13-16,18,28H2,1H3,(H,31,32)/t19-,20+,25-/m1/s1. The van der Waals surface area contributed by atoms with Gasteiger partial charge in [0, 0.05) is 48.1 Å². The Labute approximate surface area is 207 Å². The van der Waals surface area contributed by atoms with E-state index >= 15 is 0 Å². The molecule has 2 aromatic rings. The summed E-state index contributed by atoms with van der Waals surface area (Å²) in [7, 11) is 1.67. The lowest BCUT2D eigenvalue weighted by atomic mass is 9.79. The Morgan fingerprint density at radius 3 is 2.85 bits per heavy atom. The van der Waals surface area contributed by atoms with Crippen molar-refractivity contribution in [2.24, 2.45) is 17.6 Å². The lowest BCUT2D eigenvalue weighted by Crippen LogP contribution is -2.42. The first-order chi connectivity index (χ1) is 16.5. The van der Waals surface area contributed by atoms with Gasteiger partial charge in [-0.2, -0.15) is 11.8 Å². The molecule has 3 atom stereocenters. The Hall–Kier alpha value is -1.83. The highest BCUT2D eigenvalue weighted by atomic mass is 32.2.